The number of rotatable bonds is 5. The summed E-state index contributed by atoms with van der Waals surface area (Å²) in [5.41, 5.74) is 1.74. The number of nitrogens with one attached hydrogen (secondary N) is 1. The number of hydrogen-bond acceptors (Lipinski definition) is 3. The van der Waals surface area contributed by atoms with Crippen LogP contribution in [0.15, 0.2) is 30.5 Å². The Bertz CT molecular complexity index is 640. The Hall–Kier alpha value is -1.85. The lowest BCUT2D eigenvalue weighted by Gasteiger charge is -2.12. The standard InChI is InChI=1S/C15H18ClN3O2/c1-10(7-8-20)17-15(21)12-9-19(2)18-14(12)11-5-3-4-6-13(11)16/h3-6,9-10,20H,7-8H2,1-2H3,(H,17,21). The molecule has 0 radical (unpaired) electrons. The van der Waals surface area contributed by atoms with E-state index in [-0.39, 0.29) is 18.6 Å². The lowest BCUT2D eigenvalue weighted by molar-refractivity contribution is 0.0935. The lowest BCUT2D eigenvalue weighted by Crippen LogP contribution is -2.33. The molecule has 0 spiro atoms. The highest BCUT2D eigenvalue weighted by Crippen LogP contribution is 2.28. The van der Waals surface area contributed by atoms with Crippen LogP contribution in [0.1, 0.15) is 23.7 Å². The molecule has 2 rings (SSSR count). The van der Waals surface area contributed by atoms with Gasteiger partial charge in [0.1, 0.15) is 5.69 Å². The number of aliphatic hydroxyl groups excluding tert-OH is 1. The van der Waals surface area contributed by atoms with E-state index >= 15 is 0 Å². The Morgan fingerprint density at radius 2 is 2.19 bits per heavy atom. The fraction of sp³-hybridized carbons (Fsp3) is 0.333. The average molecular weight is 308 g/mol. The van der Waals surface area contributed by atoms with Crippen LogP contribution in [0, 0.1) is 0 Å². The van der Waals surface area contributed by atoms with Crippen molar-refractivity contribution in [2.45, 2.75) is 19.4 Å². The highest BCUT2D eigenvalue weighted by atomic mass is 35.5. The minimum atomic E-state index is -0.223. The zero-order valence-electron chi connectivity index (χ0n) is 12.0. The number of aryl methyl sites for hydroxylation is 1. The Morgan fingerprint density at radius 1 is 1.48 bits per heavy atom. The summed E-state index contributed by atoms with van der Waals surface area (Å²) in [6, 6.07) is 7.17. The molecule has 0 aliphatic carbocycles. The summed E-state index contributed by atoms with van der Waals surface area (Å²) < 4.78 is 1.59. The minimum Gasteiger partial charge on any atom is -0.396 e. The zero-order valence-corrected chi connectivity index (χ0v) is 12.8. The van der Waals surface area contributed by atoms with Crippen LogP contribution in [0.2, 0.25) is 5.02 Å². The third-order valence-corrected chi connectivity index (χ3v) is 3.47. The first-order valence-corrected chi connectivity index (χ1v) is 7.11. The number of nitrogens with zero attached hydrogens (tertiary/aromatic N) is 2. The highest BCUT2D eigenvalue weighted by Gasteiger charge is 2.19. The summed E-state index contributed by atoms with van der Waals surface area (Å²) in [6.07, 6.45) is 2.17. The molecule has 0 saturated heterocycles. The van der Waals surface area contributed by atoms with Gasteiger partial charge in [0.25, 0.3) is 5.91 Å². The SMILES string of the molecule is CC(CCO)NC(=O)c1cn(C)nc1-c1ccccc1Cl. The zero-order chi connectivity index (χ0) is 15.4. The lowest BCUT2D eigenvalue weighted by atomic mass is 10.1. The Morgan fingerprint density at radius 3 is 2.86 bits per heavy atom. The molecule has 112 valence electrons. The van der Waals surface area contributed by atoms with E-state index < -0.39 is 0 Å². The third kappa shape index (κ3) is 3.62. The molecular formula is C15H18ClN3O2. The number of benzene rings is 1. The summed E-state index contributed by atoms with van der Waals surface area (Å²) >= 11 is 6.19. The third-order valence-electron chi connectivity index (χ3n) is 3.14. The van der Waals surface area contributed by atoms with Crippen LogP contribution < -0.4 is 5.32 Å². The maximum atomic E-state index is 12.4. The van der Waals surface area contributed by atoms with Gasteiger partial charge in [0.05, 0.1) is 10.6 Å². The van der Waals surface area contributed by atoms with E-state index in [1.54, 1.807) is 24.0 Å². The normalized spacial score (nSPS) is 12.2. The maximum Gasteiger partial charge on any atom is 0.255 e. The van der Waals surface area contributed by atoms with Crippen molar-refractivity contribution in [2.75, 3.05) is 6.61 Å². The predicted molar refractivity (Wildman–Crippen MR) is 82.3 cm³/mol. The number of aromatic nitrogens is 2. The van der Waals surface area contributed by atoms with Gasteiger partial charge < -0.3 is 10.4 Å². The molecule has 5 nitrogen and oxygen atoms in total. The fourth-order valence-corrected chi connectivity index (χ4v) is 2.30. The van der Waals surface area contributed by atoms with Crippen molar-refractivity contribution in [3.8, 4) is 11.3 Å². The van der Waals surface area contributed by atoms with Crippen molar-refractivity contribution < 1.29 is 9.90 Å². The van der Waals surface area contributed by atoms with Gasteiger partial charge in [0.2, 0.25) is 0 Å². The maximum absolute atomic E-state index is 12.4. The first-order chi connectivity index (χ1) is 10.0. The average Bonchev–Trinajstić information content (AvgIpc) is 2.81. The number of carbonyl (C=O) groups excluding carboxylic acids is 1. The van der Waals surface area contributed by atoms with Crippen LogP contribution in [-0.4, -0.2) is 33.4 Å². The van der Waals surface area contributed by atoms with E-state index in [0.717, 1.165) is 5.56 Å². The molecule has 1 aromatic carbocycles. The molecule has 1 heterocycles. The van der Waals surface area contributed by atoms with Crippen molar-refractivity contribution in [2.24, 2.45) is 7.05 Å². The molecule has 0 aliphatic rings. The van der Waals surface area contributed by atoms with Crippen LogP contribution in [0.3, 0.4) is 0 Å². The van der Waals surface area contributed by atoms with Gasteiger partial charge >= 0.3 is 0 Å². The molecule has 0 fully saturated rings. The van der Waals surface area contributed by atoms with Crippen molar-refractivity contribution in [1.82, 2.24) is 15.1 Å². The van der Waals surface area contributed by atoms with Crippen LogP contribution in [0.4, 0.5) is 0 Å². The van der Waals surface area contributed by atoms with Gasteiger partial charge in [-0.2, -0.15) is 5.10 Å². The second kappa shape index (κ2) is 6.74. The molecule has 1 amide bonds. The summed E-state index contributed by atoms with van der Waals surface area (Å²) in [5.74, 6) is -0.223. The molecule has 0 aliphatic heterocycles. The van der Waals surface area contributed by atoms with Crippen molar-refractivity contribution in [1.29, 1.82) is 0 Å². The summed E-state index contributed by atoms with van der Waals surface area (Å²) in [7, 11) is 1.76. The highest BCUT2D eigenvalue weighted by molar-refractivity contribution is 6.33. The molecule has 2 aromatic rings. The van der Waals surface area contributed by atoms with Crippen molar-refractivity contribution >= 4 is 17.5 Å². The van der Waals surface area contributed by atoms with Crippen LogP contribution in [-0.2, 0) is 7.05 Å². The topological polar surface area (TPSA) is 67.2 Å². The molecule has 0 bridgehead atoms. The van der Waals surface area contributed by atoms with Crippen LogP contribution in [0.25, 0.3) is 11.3 Å². The molecule has 21 heavy (non-hydrogen) atoms. The second-order valence-corrected chi connectivity index (χ2v) is 5.34. The summed E-state index contributed by atoms with van der Waals surface area (Å²) in [5, 5.41) is 16.6. The number of carbonyl (C=O) groups is 1. The summed E-state index contributed by atoms with van der Waals surface area (Å²) in [4.78, 5) is 12.4. The van der Waals surface area contributed by atoms with Gasteiger partial charge in [-0.25, -0.2) is 0 Å². The number of halogens is 1. The van der Waals surface area contributed by atoms with Crippen LogP contribution in [0.5, 0.6) is 0 Å². The van der Waals surface area contributed by atoms with E-state index in [0.29, 0.717) is 22.7 Å². The smallest absolute Gasteiger partial charge is 0.255 e. The molecule has 1 unspecified atom stereocenters. The molecular weight excluding hydrogens is 290 g/mol. The number of hydrogen-bond donors (Lipinski definition) is 2. The first-order valence-electron chi connectivity index (χ1n) is 6.73. The Kier molecular flexibility index (Phi) is 4.98. The summed E-state index contributed by atoms with van der Waals surface area (Å²) in [6.45, 7) is 1.88. The second-order valence-electron chi connectivity index (χ2n) is 4.93. The van der Waals surface area contributed by atoms with E-state index in [1.807, 2.05) is 25.1 Å². The predicted octanol–water partition coefficient (Wildman–Crippen LogP) is 2.24. The van der Waals surface area contributed by atoms with Gasteiger partial charge in [-0.3, -0.25) is 9.48 Å². The van der Waals surface area contributed by atoms with Crippen molar-refractivity contribution in [3.05, 3.63) is 41.0 Å². The van der Waals surface area contributed by atoms with Gasteiger partial charge in [0, 0.05) is 31.5 Å². The van der Waals surface area contributed by atoms with Gasteiger partial charge in [-0.1, -0.05) is 29.8 Å². The Labute approximate surface area is 128 Å². The van der Waals surface area contributed by atoms with E-state index in [1.165, 1.54) is 0 Å². The minimum absolute atomic E-state index is 0.0336. The molecule has 1 atom stereocenters. The van der Waals surface area contributed by atoms with Crippen LogP contribution >= 0.6 is 11.6 Å². The monoisotopic (exact) mass is 307 g/mol. The molecule has 6 heteroatoms. The molecule has 0 saturated carbocycles. The van der Waals surface area contributed by atoms with E-state index in [2.05, 4.69) is 10.4 Å². The van der Waals surface area contributed by atoms with Gasteiger partial charge in [0.15, 0.2) is 0 Å². The van der Waals surface area contributed by atoms with E-state index in [4.69, 9.17) is 16.7 Å². The number of amides is 1. The van der Waals surface area contributed by atoms with Gasteiger partial charge in [-0.15, -0.1) is 0 Å². The fourth-order valence-electron chi connectivity index (χ4n) is 2.07. The first kappa shape index (κ1) is 15.5. The van der Waals surface area contributed by atoms with Crippen molar-refractivity contribution in [3.63, 3.8) is 0 Å². The van der Waals surface area contributed by atoms with E-state index in [9.17, 15) is 4.79 Å². The quantitative estimate of drug-likeness (QED) is 0.890. The molecule has 2 N–H and O–H groups in total. The Balaban J connectivity index is 2.33. The molecule has 1 aromatic heterocycles. The largest absolute Gasteiger partial charge is 0.396 e. The van der Waals surface area contributed by atoms with Gasteiger partial charge in [-0.05, 0) is 19.4 Å². The number of aliphatic hydroxyl groups is 1.